The Balaban J connectivity index is 1.81. The van der Waals surface area contributed by atoms with Crippen molar-refractivity contribution in [2.75, 3.05) is 25.0 Å². The van der Waals surface area contributed by atoms with Gasteiger partial charge in [-0.1, -0.05) is 0 Å². The smallest absolute Gasteiger partial charge is 0.355 e. The van der Waals surface area contributed by atoms with Gasteiger partial charge in [-0.2, -0.15) is 13.2 Å². The minimum absolute atomic E-state index is 0.215. The zero-order valence-corrected chi connectivity index (χ0v) is 14.5. The van der Waals surface area contributed by atoms with Crippen LogP contribution in [0.2, 0.25) is 0 Å². The first-order valence-electron chi connectivity index (χ1n) is 8.55. The van der Waals surface area contributed by atoms with Gasteiger partial charge in [-0.25, -0.2) is 4.39 Å². The third kappa shape index (κ3) is 3.03. The SMILES string of the molecule is Cc1cc(Nc2cc3c(c(C(F)(F)F)c2)C(=O)N2CCNC[C@@H]32)ccc1F. The number of hydrogen-bond donors (Lipinski definition) is 2. The number of nitrogens with one attached hydrogen (secondary N) is 2. The number of benzene rings is 2. The standard InChI is InChI=1S/C19H17F4N3O/c1-10-6-11(2-3-15(10)20)25-12-7-13-16-9-24-4-5-26(16)18(27)17(13)14(8-12)19(21,22)23/h2-3,6-8,16,24-25H,4-5,9H2,1H3/t16-/m0/s1. The summed E-state index contributed by atoms with van der Waals surface area (Å²) < 4.78 is 54.4. The first-order chi connectivity index (χ1) is 12.8. The molecule has 8 heteroatoms. The van der Waals surface area contributed by atoms with E-state index in [1.54, 1.807) is 13.0 Å². The average molecular weight is 379 g/mol. The number of carbonyl (C=O) groups excluding carboxylic acids is 1. The molecule has 0 bridgehead atoms. The molecular weight excluding hydrogens is 362 g/mol. The Hall–Kier alpha value is -2.61. The van der Waals surface area contributed by atoms with Crippen molar-refractivity contribution in [2.45, 2.75) is 19.1 Å². The van der Waals surface area contributed by atoms with E-state index in [0.29, 0.717) is 36.4 Å². The molecule has 2 aromatic carbocycles. The fourth-order valence-corrected chi connectivity index (χ4v) is 3.72. The number of fused-ring (bicyclic) bond motifs is 3. The minimum atomic E-state index is -4.65. The van der Waals surface area contributed by atoms with Gasteiger partial charge < -0.3 is 15.5 Å². The molecule has 0 spiro atoms. The van der Waals surface area contributed by atoms with Gasteiger partial charge in [0.05, 0.1) is 17.2 Å². The van der Waals surface area contributed by atoms with Crippen LogP contribution in [0, 0.1) is 12.7 Å². The van der Waals surface area contributed by atoms with E-state index in [0.717, 1.165) is 6.07 Å². The van der Waals surface area contributed by atoms with Gasteiger partial charge in [0.1, 0.15) is 5.82 Å². The summed E-state index contributed by atoms with van der Waals surface area (Å²) in [5, 5.41) is 6.03. The largest absolute Gasteiger partial charge is 0.417 e. The molecule has 2 N–H and O–H groups in total. The van der Waals surface area contributed by atoms with Crippen LogP contribution >= 0.6 is 0 Å². The van der Waals surface area contributed by atoms with Crippen molar-refractivity contribution in [3.8, 4) is 0 Å². The van der Waals surface area contributed by atoms with Gasteiger partial charge in [-0.15, -0.1) is 0 Å². The molecule has 27 heavy (non-hydrogen) atoms. The van der Waals surface area contributed by atoms with Crippen LogP contribution in [0.5, 0.6) is 0 Å². The van der Waals surface area contributed by atoms with Crippen LogP contribution in [0.25, 0.3) is 0 Å². The number of rotatable bonds is 2. The fourth-order valence-electron chi connectivity index (χ4n) is 3.72. The van der Waals surface area contributed by atoms with Gasteiger partial charge >= 0.3 is 6.18 Å². The number of carbonyl (C=O) groups is 1. The van der Waals surface area contributed by atoms with E-state index in [-0.39, 0.29) is 17.1 Å². The third-order valence-corrected chi connectivity index (χ3v) is 5.00. The second kappa shape index (κ2) is 6.23. The first-order valence-corrected chi connectivity index (χ1v) is 8.55. The number of halogens is 4. The normalized spacial score (nSPS) is 19.1. The minimum Gasteiger partial charge on any atom is -0.355 e. The summed E-state index contributed by atoms with van der Waals surface area (Å²) in [7, 11) is 0. The molecule has 2 heterocycles. The Kier molecular flexibility index (Phi) is 4.10. The Morgan fingerprint density at radius 1 is 1.19 bits per heavy atom. The molecule has 1 fully saturated rings. The van der Waals surface area contributed by atoms with Crippen LogP contribution in [0.15, 0.2) is 30.3 Å². The number of hydrogen-bond acceptors (Lipinski definition) is 3. The van der Waals surface area contributed by atoms with Crippen molar-refractivity contribution >= 4 is 17.3 Å². The second-order valence-electron chi connectivity index (χ2n) is 6.79. The van der Waals surface area contributed by atoms with Crippen molar-refractivity contribution in [1.29, 1.82) is 0 Å². The van der Waals surface area contributed by atoms with Crippen molar-refractivity contribution in [2.24, 2.45) is 0 Å². The Labute approximate surface area is 153 Å². The highest BCUT2D eigenvalue weighted by Gasteiger charge is 2.45. The van der Waals surface area contributed by atoms with Crippen LogP contribution in [0.1, 0.15) is 33.1 Å². The van der Waals surface area contributed by atoms with E-state index in [1.807, 2.05) is 0 Å². The summed E-state index contributed by atoms with van der Waals surface area (Å²) in [5.74, 6) is -0.965. The lowest BCUT2D eigenvalue weighted by molar-refractivity contribution is -0.137. The number of amides is 1. The average Bonchev–Trinajstić information content (AvgIpc) is 2.90. The molecule has 0 unspecified atom stereocenters. The Bertz CT molecular complexity index is 926. The lowest BCUT2D eigenvalue weighted by atomic mass is 9.97. The monoisotopic (exact) mass is 379 g/mol. The summed E-state index contributed by atoms with van der Waals surface area (Å²) in [6.07, 6.45) is -4.65. The summed E-state index contributed by atoms with van der Waals surface area (Å²) >= 11 is 0. The number of nitrogens with zero attached hydrogens (tertiary/aromatic N) is 1. The maximum absolute atomic E-state index is 13.7. The molecule has 1 atom stereocenters. The summed E-state index contributed by atoms with van der Waals surface area (Å²) in [6, 6.07) is 6.35. The van der Waals surface area contributed by atoms with E-state index >= 15 is 0 Å². The van der Waals surface area contributed by atoms with Gasteiger partial charge in [0.25, 0.3) is 5.91 Å². The Morgan fingerprint density at radius 2 is 1.96 bits per heavy atom. The highest BCUT2D eigenvalue weighted by atomic mass is 19.4. The van der Waals surface area contributed by atoms with Crippen LogP contribution in [0.3, 0.4) is 0 Å². The van der Waals surface area contributed by atoms with Crippen molar-refractivity contribution < 1.29 is 22.4 Å². The fraction of sp³-hybridized carbons (Fsp3) is 0.316. The quantitative estimate of drug-likeness (QED) is 0.776. The first kappa shape index (κ1) is 17.8. The summed E-state index contributed by atoms with van der Waals surface area (Å²) in [5.41, 5.74) is 0.230. The van der Waals surface area contributed by atoms with Gasteiger partial charge in [-0.3, -0.25) is 4.79 Å². The number of alkyl halides is 3. The predicted molar refractivity (Wildman–Crippen MR) is 92.5 cm³/mol. The van der Waals surface area contributed by atoms with Gasteiger partial charge in [0, 0.05) is 31.0 Å². The second-order valence-corrected chi connectivity index (χ2v) is 6.79. The highest BCUT2D eigenvalue weighted by molar-refractivity contribution is 6.01. The summed E-state index contributed by atoms with van der Waals surface area (Å²) in [6.45, 7) is 2.91. The number of aryl methyl sites for hydroxylation is 1. The van der Waals surface area contributed by atoms with Crippen molar-refractivity contribution in [3.05, 3.63) is 58.4 Å². The van der Waals surface area contributed by atoms with Crippen LogP contribution in [-0.4, -0.2) is 30.4 Å². The van der Waals surface area contributed by atoms with Crippen LogP contribution in [0.4, 0.5) is 28.9 Å². The maximum Gasteiger partial charge on any atom is 0.417 e. The molecule has 4 nitrogen and oxygen atoms in total. The van der Waals surface area contributed by atoms with Crippen LogP contribution < -0.4 is 10.6 Å². The Morgan fingerprint density at radius 3 is 2.67 bits per heavy atom. The van der Waals surface area contributed by atoms with E-state index < -0.39 is 23.7 Å². The molecule has 2 aliphatic rings. The topological polar surface area (TPSA) is 44.4 Å². The van der Waals surface area contributed by atoms with E-state index in [2.05, 4.69) is 10.6 Å². The van der Waals surface area contributed by atoms with E-state index in [4.69, 9.17) is 0 Å². The molecule has 0 aliphatic carbocycles. The van der Waals surface area contributed by atoms with E-state index in [1.165, 1.54) is 23.1 Å². The number of anilines is 2. The molecular formula is C19H17F4N3O. The third-order valence-electron chi connectivity index (χ3n) is 5.00. The van der Waals surface area contributed by atoms with Gasteiger partial charge in [0.15, 0.2) is 0 Å². The molecule has 1 amide bonds. The van der Waals surface area contributed by atoms with Crippen LogP contribution in [-0.2, 0) is 6.18 Å². The lowest BCUT2D eigenvalue weighted by Crippen LogP contribution is -2.44. The molecule has 4 rings (SSSR count). The van der Waals surface area contributed by atoms with Gasteiger partial charge in [-0.05, 0) is 48.4 Å². The molecule has 0 aromatic heterocycles. The molecule has 142 valence electrons. The predicted octanol–water partition coefficient (Wildman–Crippen LogP) is 4.00. The lowest BCUT2D eigenvalue weighted by Gasteiger charge is -2.30. The number of piperazine rings is 1. The zero-order valence-electron chi connectivity index (χ0n) is 14.5. The molecule has 1 saturated heterocycles. The molecule has 2 aromatic rings. The van der Waals surface area contributed by atoms with E-state index in [9.17, 15) is 22.4 Å². The van der Waals surface area contributed by atoms with Gasteiger partial charge in [0.2, 0.25) is 0 Å². The maximum atomic E-state index is 13.7. The summed E-state index contributed by atoms with van der Waals surface area (Å²) in [4.78, 5) is 14.1. The van der Waals surface area contributed by atoms with Crippen molar-refractivity contribution in [3.63, 3.8) is 0 Å². The molecule has 2 aliphatic heterocycles. The highest BCUT2D eigenvalue weighted by Crippen LogP contribution is 2.44. The molecule has 0 radical (unpaired) electrons. The molecule has 0 saturated carbocycles. The van der Waals surface area contributed by atoms with Crippen molar-refractivity contribution in [1.82, 2.24) is 10.2 Å². The zero-order chi connectivity index (χ0) is 19.3.